The van der Waals surface area contributed by atoms with Gasteiger partial charge < -0.3 is 16.4 Å². The molecule has 0 bridgehead atoms. The minimum atomic E-state index is 0.0680. The zero-order chi connectivity index (χ0) is 21.6. The van der Waals surface area contributed by atoms with Crippen molar-refractivity contribution < 1.29 is 4.79 Å². The van der Waals surface area contributed by atoms with Crippen LogP contribution in [0.4, 0.5) is 0 Å². The molecule has 1 amide bonds. The highest BCUT2D eigenvalue weighted by atomic mass is 32.2. The monoisotopic (exact) mass is 430 g/mol. The van der Waals surface area contributed by atoms with E-state index in [0.717, 1.165) is 17.7 Å². The van der Waals surface area contributed by atoms with Gasteiger partial charge in [0.15, 0.2) is 5.96 Å². The zero-order valence-electron chi connectivity index (χ0n) is 18.4. The predicted molar refractivity (Wildman–Crippen MR) is 129 cm³/mol. The number of carbonyl (C=O) groups is 1. The average Bonchev–Trinajstić information content (AvgIpc) is 3.08. The van der Waals surface area contributed by atoms with E-state index in [2.05, 4.69) is 42.3 Å². The van der Waals surface area contributed by atoms with Gasteiger partial charge in [-0.25, -0.2) is 0 Å². The molecular formula is C24H38N4OS. The molecule has 0 spiro atoms. The van der Waals surface area contributed by atoms with Gasteiger partial charge in [0, 0.05) is 6.54 Å². The Kier molecular flexibility index (Phi) is 11.5. The van der Waals surface area contributed by atoms with E-state index in [0.29, 0.717) is 19.0 Å². The molecule has 0 radical (unpaired) electrons. The van der Waals surface area contributed by atoms with Crippen LogP contribution in [0.3, 0.4) is 0 Å². The van der Waals surface area contributed by atoms with Gasteiger partial charge in [0.2, 0.25) is 0 Å². The number of aryl methyl sites for hydroxylation is 2. The van der Waals surface area contributed by atoms with Crippen molar-refractivity contribution in [2.75, 3.05) is 19.0 Å². The van der Waals surface area contributed by atoms with Crippen LogP contribution in [0.2, 0.25) is 0 Å². The van der Waals surface area contributed by atoms with Crippen LogP contribution in [0.15, 0.2) is 40.2 Å². The number of allylic oxidation sites excluding steroid dienone is 1. The number of benzene rings is 1. The first-order valence-corrected chi connectivity index (χ1v) is 12.3. The van der Waals surface area contributed by atoms with Crippen molar-refractivity contribution in [1.29, 1.82) is 0 Å². The summed E-state index contributed by atoms with van der Waals surface area (Å²) >= 11 is 1.60. The molecule has 166 valence electrons. The van der Waals surface area contributed by atoms with E-state index in [-0.39, 0.29) is 11.9 Å². The number of guanidine groups is 1. The van der Waals surface area contributed by atoms with Crippen molar-refractivity contribution in [3.63, 3.8) is 0 Å². The number of hydrogen-bond donors (Lipinski definition) is 2. The number of hydrogen-bond acceptors (Lipinski definition) is 3. The Balaban J connectivity index is 1.65. The Morgan fingerprint density at radius 3 is 2.33 bits per heavy atom. The molecule has 1 saturated heterocycles. The van der Waals surface area contributed by atoms with Gasteiger partial charge in [-0.3, -0.25) is 9.79 Å². The lowest BCUT2D eigenvalue weighted by molar-refractivity contribution is -0.124. The molecule has 1 aromatic carbocycles. The van der Waals surface area contributed by atoms with Crippen LogP contribution in [-0.2, 0) is 17.6 Å². The Morgan fingerprint density at radius 1 is 1.03 bits per heavy atom. The summed E-state index contributed by atoms with van der Waals surface area (Å²) in [6, 6.07) is 9.00. The molecule has 2 rings (SSSR count). The van der Waals surface area contributed by atoms with E-state index >= 15 is 0 Å². The van der Waals surface area contributed by atoms with E-state index in [1.54, 1.807) is 16.7 Å². The van der Waals surface area contributed by atoms with Crippen molar-refractivity contribution in [2.45, 2.75) is 71.1 Å². The van der Waals surface area contributed by atoms with E-state index < -0.39 is 0 Å². The zero-order valence-corrected chi connectivity index (χ0v) is 19.3. The topological polar surface area (TPSA) is 84.7 Å². The lowest BCUT2D eigenvalue weighted by Gasteiger charge is -2.12. The second-order valence-corrected chi connectivity index (χ2v) is 8.93. The number of nitrogens with two attached hydrogens (primary N) is 2. The number of unbranched alkanes of at least 4 members (excludes halogenated alkanes) is 6. The molecule has 1 aliphatic rings. The molecule has 0 unspecified atom stereocenters. The maximum Gasteiger partial charge on any atom is 0.260 e. The summed E-state index contributed by atoms with van der Waals surface area (Å²) in [5.41, 5.74) is 13.4. The number of amides is 1. The van der Waals surface area contributed by atoms with Gasteiger partial charge in [-0.15, -0.1) is 0 Å². The number of carbonyl (C=O) groups excluding carboxylic acids is 1. The quantitative estimate of drug-likeness (QED) is 0.195. The van der Waals surface area contributed by atoms with Crippen LogP contribution >= 0.6 is 11.8 Å². The lowest BCUT2D eigenvalue weighted by atomic mass is 10.0. The van der Waals surface area contributed by atoms with Crippen LogP contribution in [0, 0.1) is 0 Å². The van der Waals surface area contributed by atoms with Crippen LogP contribution in [0.25, 0.3) is 0 Å². The second-order valence-electron chi connectivity index (χ2n) is 7.94. The third-order valence-electron chi connectivity index (χ3n) is 5.39. The van der Waals surface area contributed by atoms with Gasteiger partial charge in [0.1, 0.15) is 0 Å². The summed E-state index contributed by atoms with van der Waals surface area (Å²) in [6.45, 7) is 3.27. The standard InChI is InChI=1S/C24H38N4OS/c1-2-3-4-5-6-7-8-10-20-13-15-21(16-14-20)11-9-12-22-23(29)28(19-30-22)18-17-27-24(25)26/h12-16H,2-11,17-19H2,1H3,(H4,25,26,27). The molecule has 5 nitrogen and oxygen atoms in total. The normalized spacial score (nSPS) is 15.2. The molecule has 1 aromatic rings. The predicted octanol–water partition coefficient (Wildman–Crippen LogP) is 4.60. The molecule has 4 N–H and O–H groups in total. The van der Waals surface area contributed by atoms with Crippen molar-refractivity contribution in [2.24, 2.45) is 16.5 Å². The fraction of sp³-hybridized carbons (Fsp3) is 0.583. The average molecular weight is 431 g/mol. The van der Waals surface area contributed by atoms with Crippen molar-refractivity contribution in [3.05, 3.63) is 46.4 Å². The maximum absolute atomic E-state index is 12.4. The van der Waals surface area contributed by atoms with E-state index in [4.69, 9.17) is 11.5 Å². The highest BCUT2D eigenvalue weighted by Gasteiger charge is 2.25. The third kappa shape index (κ3) is 9.24. The number of aliphatic imine (C=N–C) groups is 1. The lowest BCUT2D eigenvalue weighted by Crippen LogP contribution is -2.29. The molecule has 1 heterocycles. The summed E-state index contributed by atoms with van der Waals surface area (Å²) in [5.74, 6) is 0.840. The van der Waals surface area contributed by atoms with E-state index in [9.17, 15) is 4.79 Å². The first-order valence-electron chi connectivity index (χ1n) is 11.4. The molecule has 0 saturated carbocycles. The number of thioether (sulfide) groups is 1. The molecular weight excluding hydrogens is 392 g/mol. The fourth-order valence-corrected chi connectivity index (χ4v) is 4.59. The summed E-state index contributed by atoms with van der Waals surface area (Å²) in [4.78, 5) is 19.0. The van der Waals surface area contributed by atoms with Crippen molar-refractivity contribution in [3.8, 4) is 0 Å². The fourth-order valence-electron chi connectivity index (χ4n) is 3.56. The molecule has 1 fully saturated rings. The highest BCUT2D eigenvalue weighted by Crippen LogP contribution is 2.28. The summed E-state index contributed by atoms with van der Waals surface area (Å²) in [7, 11) is 0. The number of nitrogens with zero attached hydrogens (tertiary/aromatic N) is 2. The molecule has 0 aromatic heterocycles. The van der Waals surface area contributed by atoms with Crippen LogP contribution in [0.1, 0.15) is 69.4 Å². The Bertz CT molecular complexity index is 696. The summed E-state index contributed by atoms with van der Waals surface area (Å²) in [6.07, 6.45) is 14.6. The maximum atomic E-state index is 12.4. The van der Waals surface area contributed by atoms with Gasteiger partial charge in [0.25, 0.3) is 5.91 Å². The van der Waals surface area contributed by atoms with Crippen LogP contribution in [-0.4, -0.2) is 35.7 Å². The Labute approximate surface area is 186 Å². The SMILES string of the molecule is CCCCCCCCCc1ccc(CCC=C2SCN(CCN=C(N)N)C2=O)cc1. The molecule has 6 heteroatoms. The first kappa shape index (κ1) is 24.3. The molecule has 1 aliphatic heterocycles. The number of rotatable bonds is 14. The molecule has 30 heavy (non-hydrogen) atoms. The smallest absolute Gasteiger partial charge is 0.260 e. The van der Waals surface area contributed by atoms with E-state index in [1.165, 1.54) is 62.5 Å². The van der Waals surface area contributed by atoms with Crippen molar-refractivity contribution >= 4 is 23.6 Å². The third-order valence-corrected chi connectivity index (χ3v) is 6.49. The largest absolute Gasteiger partial charge is 0.370 e. The van der Waals surface area contributed by atoms with Gasteiger partial charge in [-0.2, -0.15) is 0 Å². The first-order chi connectivity index (χ1) is 14.6. The van der Waals surface area contributed by atoms with Crippen LogP contribution in [0.5, 0.6) is 0 Å². The summed E-state index contributed by atoms with van der Waals surface area (Å²) < 4.78 is 0. The van der Waals surface area contributed by atoms with Gasteiger partial charge in [-0.05, 0) is 36.8 Å². The Hall–Kier alpha value is -1.95. The molecule has 0 atom stereocenters. The highest BCUT2D eigenvalue weighted by molar-refractivity contribution is 8.04. The second kappa shape index (κ2) is 14.1. The van der Waals surface area contributed by atoms with Crippen molar-refractivity contribution in [1.82, 2.24) is 4.90 Å². The van der Waals surface area contributed by atoms with Gasteiger partial charge >= 0.3 is 0 Å². The molecule has 0 aliphatic carbocycles. The van der Waals surface area contributed by atoms with Crippen LogP contribution < -0.4 is 11.5 Å². The minimum Gasteiger partial charge on any atom is -0.370 e. The van der Waals surface area contributed by atoms with E-state index in [1.807, 2.05) is 0 Å². The Morgan fingerprint density at radius 2 is 1.67 bits per heavy atom. The van der Waals surface area contributed by atoms with Gasteiger partial charge in [0.05, 0.1) is 17.3 Å². The van der Waals surface area contributed by atoms with Gasteiger partial charge in [-0.1, -0.05) is 87.6 Å². The summed E-state index contributed by atoms with van der Waals surface area (Å²) in [5, 5.41) is 0. The minimum absolute atomic E-state index is 0.0680.